The summed E-state index contributed by atoms with van der Waals surface area (Å²) in [5.41, 5.74) is 6.82. The zero-order chi connectivity index (χ0) is 17.4. The summed E-state index contributed by atoms with van der Waals surface area (Å²) in [5.74, 6) is 1.65. The van der Waals surface area contributed by atoms with Crippen LogP contribution in [0.3, 0.4) is 0 Å². The van der Waals surface area contributed by atoms with Gasteiger partial charge in [0.05, 0.1) is 11.6 Å². The Kier molecular flexibility index (Phi) is 4.49. The van der Waals surface area contributed by atoms with E-state index in [1.807, 2.05) is 12.1 Å². The molecule has 0 spiro atoms. The predicted octanol–water partition coefficient (Wildman–Crippen LogP) is 2.10. The largest absolute Gasteiger partial charge is 0.488 e. The monoisotopic (exact) mass is 339 g/mol. The summed E-state index contributed by atoms with van der Waals surface area (Å²) >= 11 is 0. The molecule has 1 saturated heterocycles. The van der Waals surface area contributed by atoms with Crippen LogP contribution in [-0.4, -0.2) is 42.0 Å². The molecular formula is C20H25N3O2. The van der Waals surface area contributed by atoms with Gasteiger partial charge in [-0.1, -0.05) is 0 Å². The smallest absolute Gasteiger partial charge is 0.136 e. The number of likely N-dealkylation sites (tertiary alicyclic amines) is 1. The Balaban J connectivity index is 1.56. The fourth-order valence-electron chi connectivity index (χ4n) is 4.94. The molecule has 3 fully saturated rings. The summed E-state index contributed by atoms with van der Waals surface area (Å²) in [6.07, 6.45) is 4.75. The molecule has 5 atom stereocenters. The van der Waals surface area contributed by atoms with Crippen LogP contribution in [-0.2, 0) is 4.79 Å². The van der Waals surface area contributed by atoms with Gasteiger partial charge in [0.2, 0.25) is 0 Å². The van der Waals surface area contributed by atoms with Gasteiger partial charge in [0.25, 0.3) is 0 Å². The number of hydrogen-bond acceptors (Lipinski definition) is 5. The second-order valence-corrected chi connectivity index (χ2v) is 7.69. The summed E-state index contributed by atoms with van der Waals surface area (Å²) in [5, 5.41) is 8.96. The minimum atomic E-state index is 0.0367. The third kappa shape index (κ3) is 3.17. The third-order valence-corrected chi connectivity index (χ3v) is 6.16. The summed E-state index contributed by atoms with van der Waals surface area (Å²) in [7, 11) is 0. The molecule has 132 valence electrons. The lowest BCUT2D eigenvalue weighted by atomic mass is 9.98. The molecule has 1 heterocycles. The SMILES string of the molecule is N#Cc1ccc(OC2C3CCC(=O)C3CC2N2CCCC(N)C2)cc1. The van der Waals surface area contributed by atoms with Crippen molar-refractivity contribution in [2.75, 3.05) is 13.1 Å². The van der Waals surface area contributed by atoms with Crippen LogP contribution in [0, 0.1) is 23.2 Å². The molecule has 5 nitrogen and oxygen atoms in total. The first-order valence-corrected chi connectivity index (χ1v) is 9.35. The number of Topliss-reactive ketones (excluding diaryl/α,β-unsaturated/α-hetero) is 1. The van der Waals surface area contributed by atoms with Gasteiger partial charge in [0, 0.05) is 36.9 Å². The van der Waals surface area contributed by atoms with Gasteiger partial charge < -0.3 is 10.5 Å². The number of ketones is 1. The first kappa shape index (κ1) is 16.6. The number of piperidine rings is 1. The Morgan fingerprint density at radius 1 is 1.24 bits per heavy atom. The lowest BCUT2D eigenvalue weighted by Gasteiger charge is -2.39. The zero-order valence-corrected chi connectivity index (χ0v) is 14.4. The molecule has 2 N–H and O–H groups in total. The second kappa shape index (κ2) is 6.78. The number of fused-ring (bicyclic) bond motifs is 1. The molecule has 0 bridgehead atoms. The number of nitrogens with two attached hydrogens (primary N) is 1. The van der Waals surface area contributed by atoms with E-state index in [9.17, 15) is 4.79 Å². The van der Waals surface area contributed by atoms with Gasteiger partial charge in [-0.25, -0.2) is 0 Å². The van der Waals surface area contributed by atoms with Crippen molar-refractivity contribution in [3.63, 3.8) is 0 Å². The maximum Gasteiger partial charge on any atom is 0.136 e. The highest BCUT2D eigenvalue weighted by Gasteiger charge is 2.52. The summed E-state index contributed by atoms with van der Waals surface area (Å²) in [6.45, 7) is 1.94. The molecule has 2 aliphatic carbocycles. The molecule has 3 aliphatic rings. The van der Waals surface area contributed by atoms with E-state index < -0.39 is 0 Å². The van der Waals surface area contributed by atoms with E-state index in [-0.39, 0.29) is 24.1 Å². The van der Waals surface area contributed by atoms with Crippen LogP contribution >= 0.6 is 0 Å². The van der Waals surface area contributed by atoms with Crippen molar-refractivity contribution in [3.05, 3.63) is 29.8 Å². The van der Waals surface area contributed by atoms with Gasteiger partial charge in [0.1, 0.15) is 17.6 Å². The molecule has 4 rings (SSSR count). The standard InChI is InChI=1S/C20H25N3O2/c21-11-13-3-5-15(6-4-13)25-20-16-7-8-19(24)17(16)10-18(20)23-9-1-2-14(22)12-23/h3-6,14,16-18,20H,1-2,7-10,12,22H2. The number of hydrogen-bond donors (Lipinski definition) is 1. The van der Waals surface area contributed by atoms with Crippen molar-refractivity contribution >= 4 is 5.78 Å². The van der Waals surface area contributed by atoms with Crippen molar-refractivity contribution in [2.24, 2.45) is 17.6 Å². The first-order chi connectivity index (χ1) is 12.2. The topological polar surface area (TPSA) is 79.3 Å². The fraction of sp³-hybridized carbons (Fsp3) is 0.600. The third-order valence-electron chi connectivity index (χ3n) is 6.16. The molecule has 1 aromatic carbocycles. The van der Waals surface area contributed by atoms with Crippen LogP contribution in [0.25, 0.3) is 0 Å². The average molecular weight is 339 g/mol. The Labute approximate surface area is 148 Å². The normalized spacial score (nSPS) is 35.4. The van der Waals surface area contributed by atoms with Crippen molar-refractivity contribution < 1.29 is 9.53 Å². The molecule has 5 unspecified atom stereocenters. The average Bonchev–Trinajstić information content (AvgIpc) is 3.16. The number of rotatable bonds is 3. The van der Waals surface area contributed by atoms with E-state index in [1.165, 1.54) is 0 Å². The lowest BCUT2D eigenvalue weighted by molar-refractivity contribution is -0.121. The van der Waals surface area contributed by atoms with Gasteiger partial charge in [-0.15, -0.1) is 0 Å². The molecule has 25 heavy (non-hydrogen) atoms. The number of nitrogens with zero attached hydrogens (tertiary/aromatic N) is 2. The molecule has 1 aliphatic heterocycles. The molecule has 2 saturated carbocycles. The summed E-state index contributed by atoms with van der Waals surface area (Å²) in [4.78, 5) is 14.7. The molecule has 0 aromatic heterocycles. The highest BCUT2D eigenvalue weighted by atomic mass is 16.5. The number of ether oxygens (including phenoxy) is 1. The van der Waals surface area contributed by atoms with E-state index in [1.54, 1.807) is 12.1 Å². The Morgan fingerprint density at radius 2 is 2.04 bits per heavy atom. The van der Waals surface area contributed by atoms with Crippen LogP contribution < -0.4 is 10.5 Å². The highest BCUT2D eigenvalue weighted by Crippen LogP contribution is 2.46. The van der Waals surface area contributed by atoms with E-state index >= 15 is 0 Å². The van der Waals surface area contributed by atoms with E-state index in [0.29, 0.717) is 23.7 Å². The van der Waals surface area contributed by atoms with Crippen molar-refractivity contribution in [1.82, 2.24) is 4.90 Å². The van der Waals surface area contributed by atoms with Crippen LogP contribution in [0.15, 0.2) is 24.3 Å². The van der Waals surface area contributed by atoms with Crippen molar-refractivity contribution in [1.29, 1.82) is 5.26 Å². The van der Waals surface area contributed by atoms with Gasteiger partial charge in [0.15, 0.2) is 0 Å². The van der Waals surface area contributed by atoms with Crippen LogP contribution in [0.2, 0.25) is 0 Å². The second-order valence-electron chi connectivity index (χ2n) is 7.69. The molecule has 5 heteroatoms. The van der Waals surface area contributed by atoms with Gasteiger partial charge in [-0.2, -0.15) is 5.26 Å². The molecule has 1 aromatic rings. The lowest BCUT2D eigenvalue weighted by Crippen LogP contribution is -2.52. The summed E-state index contributed by atoms with van der Waals surface area (Å²) in [6, 6.07) is 9.92. The number of nitriles is 1. The zero-order valence-electron chi connectivity index (χ0n) is 14.4. The van der Waals surface area contributed by atoms with Crippen LogP contribution in [0.4, 0.5) is 0 Å². The Morgan fingerprint density at radius 3 is 2.76 bits per heavy atom. The Bertz CT molecular complexity index is 681. The summed E-state index contributed by atoms with van der Waals surface area (Å²) < 4.78 is 6.39. The van der Waals surface area contributed by atoms with Gasteiger partial charge in [-0.3, -0.25) is 9.69 Å². The maximum absolute atomic E-state index is 12.3. The fourth-order valence-corrected chi connectivity index (χ4v) is 4.94. The van der Waals surface area contributed by atoms with Gasteiger partial charge >= 0.3 is 0 Å². The number of benzene rings is 1. The minimum absolute atomic E-state index is 0.0367. The van der Waals surface area contributed by atoms with Gasteiger partial charge in [-0.05, 0) is 56.5 Å². The number of carbonyl (C=O) groups is 1. The van der Waals surface area contributed by atoms with E-state index in [0.717, 1.165) is 44.5 Å². The predicted molar refractivity (Wildman–Crippen MR) is 94.0 cm³/mol. The number of carbonyl (C=O) groups excluding carboxylic acids is 1. The van der Waals surface area contributed by atoms with E-state index in [2.05, 4.69) is 11.0 Å². The van der Waals surface area contributed by atoms with Crippen molar-refractivity contribution in [3.8, 4) is 11.8 Å². The van der Waals surface area contributed by atoms with E-state index in [4.69, 9.17) is 15.7 Å². The van der Waals surface area contributed by atoms with Crippen molar-refractivity contribution in [2.45, 2.75) is 50.3 Å². The first-order valence-electron chi connectivity index (χ1n) is 9.35. The quantitative estimate of drug-likeness (QED) is 0.912. The minimum Gasteiger partial charge on any atom is -0.488 e. The van der Waals surface area contributed by atoms with Crippen LogP contribution in [0.1, 0.15) is 37.7 Å². The van der Waals surface area contributed by atoms with Crippen LogP contribution in [0.5, 0.6) is 5.75 Å². The molecule has 0 radical (unpaired) electrons. The maximum atomic E-state index is 12.3. The molecule has 0 amide bonds. The molecular weight excluding hydrogens is 314 g/mol. The Hall–Kier alpha value is -1.90. The highest BCUT2D eigenvalue weighted by molar-refractivity contribution is 5.84.